The van der Waals surface area contributed by atoms with Gasteiger partial charge in [0, 0.05) is 4.90 Å². The summed E-state index contributed by atoms with van der Waals surface area (Å²) in [6.45, 7) is 7.22. The number of halogens is 3. The van der Waals surface area contributed by atoms with Crippen molar-refractivity contribution in [1.82, 2.24) is 5.32 Å². The molecule has 4 N–H and O–H groups in total. The van der Waals surface area contributed by atoms with E-state index >= 15 is 0 Å². The van der Waals surface area contributed by atoms with Crippen molar-refractivity contribution in [2.45, 2.75) is 71.6 Å². The Bertz CT molecular complexity index is 770. The molecule has 1 aromatic carbocycles. The van der Waals surface area contributed by atoms with Crippen LogP contribution in [0.3, 0.4) is 0 Å². The number of aryl methyl sites for hydroxylation is 1. The number of hydrogen-bond acceptors (Lipinski definition) is 7. The highest BCUT2D eigenvalue weighted by atomic mass is 35.6. The third-order valence-electron chi connectivity index (χ3n) is 4.83. The molecule has 1 saturated heterocycles. The van der Waals surface area contributed by atoms with E-state index in [0.717, 1.165) is 16.0 Å². The van der Waals surface area contributed by atoms with Crippen molar-refractivity contribution in [3.05, 3.63) is 29.3 Å². The Morgan fingerprint density at radius 1 is 1.23 bits per heavy atom. The highest BCUT2D eigenvalue weighted by molar-refractivity contribution is 7.99. The number of carbonyl (C=O) groups is 1. The van der Waals surface area contributed by atoms with Gasteiger partial charge >= 0.3 is 6.09 Å². The summed E-state index contributed by atoms with van der Waals surface area (Å²) in [7, 11) is 0. The molecule has 0 saturated carbocycles. The fraction of sp³-hybridized carbons (Fsp3) is 0.650. The summed E-state index contributed by atoms with van der Waals surface area (Å²) in [5, 5.41) is 32.9. The third kappa shape index (κ3) is 7.54. The van der Waals surface area contributed by atoms with E-state index in [1.165, 1.54) is 11.8 Å². The van der Waals surface area contributed by atoms with Crippen LogP contribution in [0, 0.1) is 6.92 Å². The number of ether oxygens (including phenoxy) is 2. The molecule has 11 heteroatoms. The molecule has 7 nitrogen and oxygen atoms in total. The van der Waals surface area contributed by atoms with E-state index in [0.29, 0.717) is 0 Å². The average Bonchev–Trinajstić information content (AvgIpc) is 2.66. The van der Waals surface area contributed by atoms with Crippen LogP contribution in [0.1, 0.15) is 31.9 Å². The van der Waals surface area contributed by atoms with Crippen LogP contribution in [0.5, 0.6) is 0 Å². The Labute approximate surface area is 201 Å². The summed E-state index contributed by atoms with van der Waals surface area (Å²) < 4.78 is 8.90. The first kappa shape index (κ1) is 26.8. The molecule has 0 aromatic heterocycles. The number of alkyl carbamates (subject to hydrolysis) is 1. The first-order chi connectivity index (χ1) is 14.2. The second-order valence-corrected chi connectivity index (χ2v) is 12.1. The maximum absolute atomic E-state index is 12.2. The second-order valence-electron chi connectivity index (χ2n) is 8.42. The van der Waals surface area contributed by atoms with Crippen LogP contribution < -0.4 is 5.32 Å². The van der Waals surface area contributed by atoms with Crippen LogP contribution in [-0.2, 0) is 14.9 Å². The predicted octanol–water partition coefficient (Wildman–Crippen LogP) is 3.29. The van der Waals surface area contributed by atoms with Gasteiger partial charge in [0.15, 0.2) is 0 Å². The number of amides is 1. The van der Waals surface area contributed by atoms with Crippen molar-refractivity contribution >= 4 is 52.7 Å². The maximum atomic E-state index is 12.2. The second kappa shape index (κ2) is 10.7. The van der Waals surface area contributed by atoms with Crippen molar-refractivity contribution in [3.8, 4) is 0 Å². The molecule has 5 atom stereocenters. The number of aliphatic hydroxyl groups excluding tert-OH is 3. The molecule has 1 aliphatic heterocycles. The molecule has 1 aromatic rings. The fourth-order valence-corrected chi connectivity index (χ4v) is 4.42. The minimum absolute atomic E-state index is 0.0849. The van der Waals surface area contributed by atoms with E-state index in [1.54, 1.807) is 0 Å². The highest BCUT2D eigenvalue weighted by Gasteiger charge is 2.46. The average molecular weight is 517 g/mol. The molecule has 3 unspecified atom stereocenters. The molecule has 176 valence electrons. The lowest BCUT2D eigenvalue weighted by Crippen LogP contribution is -2.63. The third-order valence-corrected chi connectivity index (χ3v) is 6.49. The zero-order valence-corrected chi connectivity index (χ0v) is 20.7. The summed E-state index contributed by atoms with van der Waals surface area (Å²) in [5.74, 6) is 0. The van der Waals surface area contributed by atoms with Gasteiger partial charge in [-0.15, -0.1) is 0 Å². The zero-order valence-electron chi connectivity index (χ0n) is 17.6. The lowest BCUT2D eigenvalue weighted by molar-refractivity contribution is -0.170. The van der Waals surface area contributed by atoms with Gasteiger partial charge in [-0.1, -0.05) is 79.5 Å². The van der Waals surface area contributed by atoms with Crippen molar-refractivity contribution in [2.75, 3.05) is 13.2 Å². The first-order valence-corrected chi connectivity index (χ1v) is 11.6. The molecule has 0 aliphatic carbocycles. The molecule has 0 spiro atoms. The van der Waals surface area contributed by atoms with Crippen molar-refractivity contribution in [2.24, 2.45) is 0 Å². The minimum Gasteiger partial charge on any atom is -0.445 e. The van der Waals surface area contributed by atoms with E-state index in [9.17, 15) is 20.1 Å². The van der Waals surface area contributed by atoms with Crippen molar-refractivity contribution in [3.63, 3.8) is 0 Å². The largest absolute Gasteiger partial charge is 0.445 e. The number of benzene rings is 1. The van der Waals surface area contributed by atoms with Crippen LogP contribution in [0.15, 0.2) is 23.1 Å². The molecular weight excluding hydrogens is 489 g/mol. The molecule has 1 heterocycles. The molecule has 1 amide bonds. The first-order valence-electron chi connectivity index (χ1n) is 9.63. The lowest BCUT2D eigenvalue weighted by atomic mass is 9.87. The van der Waals surface area contributed by atoms with Crippen molar-refractivity contribution < 1.29 is 29.6 Å². The van der Waals surface area contributed by atoms with Gasteiger partial charge < -0.3 is 30.1 Å². The molecular formula is C20H28Cl3NO6S. The SMILES string of the molecule is Cc1ccc(C(C)(C)C)cc1S[C@@H]1OC(CO)[C@@H](O)C(O)C1NC(=O)OCC(Cl)(Cl)Cl. The normalized spacial score (nSPS) is 27.1. The molecule has 31 heavy (non-hydrogen) atoms. The topological polar surface area (TPSA) is 108 Å². The fourth-order valence-electron chi connectivity index (χ4n) is 2.98. The van der Waals surface area contributed by atoms with Gasteiger partial charge in [0.1, 0.15) is 30.4 Å². The molecule has 0 bridgehead atoms. The Morgan fingerprint density at radius 3 is 2.42 bits per heavy atom. The summed E-state index contributed by atoms with van der Waals surface area (Å²) >= 11 is 18.1. The number of nitrogens with one attached hydrogen (secondary N) is 1. The van der Waals surface area contributed by atoms with Crippen LogP contribution in [-0.4, -0.2) is 68.2 Å². The summed E-state index contributed by atoms with van der Waals surface area (Å²) in [6, 6.07) is 4.99. The highest BCUT2D eigenvalue weighted by Crippen LogP contribution is 2.37. The van der Waals surface area contributed by atoms with Crippen LogP contribution in [0.25, 0.3) is 0 Å². The molecule has 0 radical (unpaired) electrons. The van der Waals surface area contributed by atoms with Gasteiger partial charge in [0.25, 0.3) is 0 Å². The van der Waals surface area contributed by atoms with Crippen LogP contribution in [0.4, 0.5) is 4.79 Å². The number of aliphatic hydroxyl groups is 3. The summed E-state index contributed by atoms with van der Waals surface area (Å²) in [6.07, 6.45) is -4.80. The van der Waals surface area contributed by atoms with E-state index < -0.39 is 52.9 Å². The van der Waals surface area contributed by atoms with Crippen molar-refractivity contribution in [1.29, 1.82) is 0 Å². The standard InChI is InChI=1S/C20H28Cl3NO6S/c1-10-5-6-11(19(2,3)4)7-13(10)31-17-14(16(27)15(26)12(8-25)30-17)24-18(28)29-9-20(21,22)23/h5-7,12,14-17,25-27H,8-9H2,1-4H3,(H,24,28)/t12?,14?,15-,16?,17+/m1/s1. The number of carbonyl (C=O) groups excluding carboxylic acids is 1. The lowest BCUT2D eigenvalue weighted by Gasteiger charge is -2.42. The van der Waals surface area contributed by atoms with Gasteiger partial charge in [-0.05, 0) is 29.5 Å². The molecule has 1 fully saturated rings. The summed E-state index contributed by atoms with van der Waals surface area (Å²) in [5.41, 5.74) is 1.16. The Kier molecular flexibility index (Phi) is 9.21. The van der Waals surface area contributed by atoms with Crippen LogP contribution in [0.2, 0.25) is 0 Å². The molecule has 1 aliphatic rings. The van der Waals surface area contributed by atoms with E-state index in [1.807, 2.05) is 25.1 Å². The Balaban J connectivity index is 2.27. The quantitative estimate of drug-likeness (QED) is 0.445. The van der Waals surface area contributed by atoms with Gasteiger partial charge in [-0.3, -0.25) is 0 Å². The Morgan fingerprint density at radius 2 is 1.87 bits per heavy atom. The van der Waals surface area contributed by atoms with E-state index in [2.05, 4.69) is 26.1 Å². The number of alkyl halides is 3. The molecule has 2 rings (SSSR count). The number of hydrogen-bond donors (Lipinski definition) is 4. The smallest absolute Gasteiger partial charge is 0.407 e. The maximum Gasteiger partial charge on any atom is 0.407 e. The Hall–Kier alpha value is -0.450. The zero-order chi connectivity index (χ0) is 23.6. The monoisotopic (exact) mass is 515 g/mol. The van der Waals surface area contributed by atoms with Gasteiger partial charge in [0.05, 0.1) is 12.6 Å². The summed E-state index contributed by atoms with van der Waals surface area (Å²) in [4.78, 5) is 13.1. The van der Waals surface area contributed by atoms with Gasteiger partial charge in [0.2, 0.25) is 3.79 Å². The van der Waals surface area contributed by atoms with Gasteiger partial charge in [-0.2, -0.15) is 0 Å². The van der Waals surface area contributed by atoms with E-state index in [4.69, 9.17) is 44.3 Å². The van der Waals surface area contributed by atoms with E-state index in [-0.39, 0.29) is 5.41 Å². The van der Waals surface area contributed by atoms with Gasteiger partial charge in [-0.25, -0.2) is 4.79 Å². The number of rotatable bonds is 5. The predicted molar refractivity (Wildman–Crippen MR) is 122 cm³/mol. The number of thioether (sulfide) groups is 1. The minimum atomic E-state index is -1.79. The van der Waals surface area contributed by atoms with Crippen LogP contribution >= 0.6 is 46.6 Å².